The fraction of sp³-hybridized carbons (Fsp3) is 0.333. The van der Waals surface area contributed by atoms with Crippen LogP contribution in [-0.4, -0.2) is 43.1 Å². The van der Waals surface area contributed by atoms with Gasteiger partial charge in [0.15, 0.2) is 0 Å². The van der Waals surface area contributed by atoms with E-state index in [1.165, 1.54) is 0 Å². The zero-order valence-corrected chi connectivity index (χ0v) is 16.1. The Morgan fingerprint density at radius 2 is 1.74 bits per heavy atom. The number of hydrogen-bond donors (Lipinski definition) is 2. The Labute approximate surface area is 160 Å². The molecule has 0 atom stereocenters. The summed E-state index contributed by atoms with van der Waals surface area (Å²) in [6.07, 6.45) is 0. The molecule has 0 aliphatic rings. The molecule has 2 aromatic rings. The van der Waals surface area contributed by atoms with E-state index in [1.807, 2.05) is 45.0 Å². The number of aryl methyl sites for hydroxylation is 1. The number of anilines is 1. The average Bonchev–Trinajstić information content (AvgIpc) is 2.67. The molecule has 27 heavy (non-hydrogen) atoms. The second-order valence-corrected chi connectivity index (χ2v) is 6.10. The Kier molecular flexibility index (Phi) is 7.67. The van der Waals surface area contributed by atoms with Gasteiger partial charge < -0.3 is 20.3 Å². The van der Waals surface area contributed by atoms with Crippen LogP contribution in [0.15, 0.2) is 48.5 Å². The van der Waals surface area contributed by atoms with Crippen LogP contribution in [0.2, 0.25) is 0 Å². The Morgan fingerprint density at radius 3 is 2.37 bits per heavy atom. The van der Waals surface area contributed by atoms with Gasteiger partial charge in [0, 0.05) is 24.3 Å². The molecule has 0 spiro atoms. The maximum absolute atomic E-state index is 12.3. The van der Waals surface area contributed by atoms with Crippen LogP contribution in [0, 0.1) is 6.92 Å². The molecule has 144 valence electrons. The summed E-state index contributed by atoms with van der Waals surface area (Å²) in [7, 11) is 0. The van der Waals surface area contributed by atoms with E-state index in [9.17, 15) is 9.59 Å². The molecule has 2 aromatic carbocycles. The minimum absolute atomic E-state index is 0.00991. The number of carbonyl (C=O) groups excluding carboxylic acids is 2. The molecule has 0 radical (unpaired) electrons. The average molecular weight is 369 g/mol. The van der Waals surface area contributed by atoms with Crippen LogP contribution in [0.25, 0.3) is 0 Å². The van der Waals surface area contributed by atoms with Crippen LogP contribution >= 0.6 is 0 Å². The van der Waals surface area contributed by atoms with Gasteiger partial charge in [0.25, 0.3) is 5.91 Å². The highest BCUT2D eigenvalue weighted by Gasteiger charge is 2.12. The Hall–Kier alpha value is -3.02. The smallest absolute Gasteiger partial charge is 0.319 e. The number of amides is 3. The molecule has 0 fully saturated rings. The van der Waals surface area contributed by atoms with Gasteiger partial charge >= 0.3 is 6.03 Å². The van der Waals surface area contributed by atoms with Crippen molar-refractivity contribution in [1.29, 1.82) is 0 Å². The molecule has 2 rings (SSSR count). The molecule has 0 aliphatic carbocycles. The first-order valence-corrected chi connectivity index (χ1v) is 9.17. The lowest BCUT2D eigenvalue weighted by Gasteiger charge is -2.18. The molecule has 0 saturated carbocycles. The van der Waals surface area contributed by atoms with Crippen molar-refractivity contribution in [3.63, 3.8) is 0 Å². The van der Waals surface area contributed by atoms with Gasteiger partial charge in [-0.2, -0.15) is 0 Å². The topological polar surface area (TPSA) is 70.7 Å². The molecule has 0 saturated heterocycles. The molecule has 3 amide bonds. The van der Waals surface area contributed by atoms with Crippen molar-refractivity contribution in [2.45, 2.75) is 20.8 Å². The number of rotatable bonds is 8. The maximum atomic E-state index is 12.3. The summed E-state index contributed by atoms with van der Waals surface area (Å²) in [6, 6.07) is 14.3. The first-order chi connectivity index (χ1) is 13.0. The van der Waals surface area contributed by atoms with Gasteiger partial charge in [-0.15, -0.1) is 0 Å². The summed E-state index contributed by atoms with van der Waals surface area (Å²) in [5.41, 5.74) is 2.36. The van der Waals surface area contributed by atoms with Gasteiger partial charge in [-0.3, -0.25) is 4.79 Å². The zero-order chi connectivity index (χ0) is 19.6. The molecule has 0 aromatic heterocycles. The van der Waals surface area contributed by atoms with Crippen molar-refractivity contribution in [2.24, 2.45) is 0 Å². The lowest BCUT2D eigenvalue weighted by atomic mass is 10.2. The maximum Gasteiger partial charge on any atom is 0.319 e. The summed E-state index contributed by atoms with van der Waals surface area (Å²) in [6.45, 7) is 8.01. The van der Waals surface area contributed by atoms with Crippen LogP contribution in [0.4, 0.5) is 10.5 Å². The number of benzene rings is 2. The molecular formula is C21H27N3O3. The zero-order valence-electron chi connectivity index (χ0n) is 16.1. The molecule has 0 heterocycles. The monoisotopic (exact) mass is 369 g/mol. The van der Waals surface area contributed by atoms with E-state index >= 15 is 0 Å². The number of hydrogen-bond acceptors (Lipinski definition) is 3. The fourth-order valence-electron chi connectivity index (χ4n) is 2.60. The highest BCUT2D eigenvalue weighted by Crippen LogP contribution is 2.13. The van der Waals surface area contributed by atoms with E-state index in [-0.39, 0.29) is 11.9 Å². The van der Waals surface area contributed by atoms with Crippen LogP contribution in [0.3, 0.4) is 0 Å². The minimum atomic E-state index is -0.314. The standard InChI is InChI=1S/C21H27N3O3/c1-4-24(5-2)20(25)17-9-11-18(12-10-17)23-21(26)22-13-14-27-19-8-6-7-16(3)15-19/h6-12,15H,4-5,13-14H2,1-3H3,(H2,22,23,26). The summed E-state index contributed by atoms with van der Waals surface area (Å²) in [4.78, 5) is 26.0. The molecule has 6 nitrogen and oxygen atoms in total. The second-order valence-electron chi connectivity index (χ2n) is 6.10. The van der Waals surface area contributed by atoms with Gasteiger partial charge in [0.2, 0.25) is 0 Å². The summed E-state index contributed by atoms with van der Waals surface area (Å²) in [5.74, 6) is 0.773. The Bertz CT molecular complexity index is 756. The number of nitrogens with one attached hydrogen (secondary N) is 2. The van der Waals surface area contributed by atoms with E-state index in [1.54, 1.807) is 29.2 Å². The third-order valence-corrected chi connectivity index (χ3v) is 4.09. The quantitative estimate of drug-likeness (QED) is 0.698. The third-order valence-electron chi connectivity index (χ3n) is 4.09. The van der Waals surface area contributed by atoms with Crippen LogP contribution < -0.4 is 15.4 Å². The van der Waals surface area contributed by atoms with Crippen molar-refractivity contribution in [1.82, 2.24) is 10.2 Å². The normalized spacial score (nSPS) is 10.2. The van der Waals surface area contributed by atoms with E-state index in [0.29, 0.717) is 37.5 Å². The summed E-state index contributed by atoms with van der Waals surface area (Å²) >= 11 is 0. The minimum Gasteiger partial charge on any atom is -0.492 e. The van der Waals surface area contributed by atoms with Gasteiger partial charge in [-0.1, -0.05) is 12.1 Å². The van der Waals surface area contributed by atoms with E-state index in [0.717, 1.165) is 11.3 Å². The Balaban J connectivity index is 1.76. The lowest BCUT2D eigenvalue weighted by molar-refractivity contribution is 0.0773. The summed E-state index contributed by atoms with van der Waals surface area (Å²) < 4.78 is 5.59. The predicted molar refractivity (Wildman–Crippen MR) is 107 cm³/mol. The summed E-state index contributed by atoms with van der Waals surface area (Å²) in [5, 5.41) is 5.48. The molecule has 0 aliphatic heterocycles. The first-order valence-electron chi connectivity index (χ1n) is 9.17. The first kappa shape index (κ1) is 20.3. The second kappa shape index (κ2) is 10.2. The van der Waals surface area contributed by atoms with E-state index in [4.69, 9.17) is 4.74 Å². The molecule has 2 N–H and O–H groups in total. The SMILES string of the molecule is CCN(CC)C(=O)c1ccc(NC(=O)NCCOc2cccc(C)c2)cc1. The number of urea groups is 1. The van der Waals surface area contributed by atoms with Crippen molar-refractivity contribution < 1.29 is 14.3 Å². The van der Waals surface area contributed by atoms with Crippen molar-refractivity contribution in [3.8, 4) is 5.75 Å². The van der Waals surface area contributed by atoms with Crippen LogP contribution in [0.1, 0.15) is 29.8 Å². The highest BCUT2D eigenvalue weighted by molar-refractivity contribution is 5.95. The van der Waals surface area contributed by atoms with Crippen LogP contribution in [0.5, 0.6) is 5.75 Å². The fourth-order valence-corrected chi connectivity index (χ4v) is 2.60. The lowest BCUT2D eigenvalue weighted by Crippen LogP contribution is -2.32. The van der Waals surface area contributed by atoms with Crippen molar-refractivity contribution in [2.75, 3.05) is 31.6 Å². The molecule has 0 unspecified atom stereocenters. The Morgan fingerprint density at radius 1 is 1.04 bits per heavy atom. The molecular weight excluding hydrogens is 342 g/mol. The largest absolute Gasteiger partial charge is 0.492 e. The van der Waals surface area contributed by atoms with Crippen molar-refractivity contribution in [3.05, 3.63) is 59.7 Å². The predicted octanol–water partition coefficient (Wildman–Crippen LogP) is 3.68. The highest BCUT2D eigenvalue weighted by atomic mass is 16.5. The van der Waals surface area contributed by atoms with Gasteiger partial charge in [-0.05, 0) is 62.7 Å². The van der Waals surface area contributed by atoms with Gasteiger partial charge in [-0.25, -0.2) is 4.79 Å². The van der Waals surface area contributed by atoms with Gasteiger partial charge in [0.05, 0.1) is 6.54 Å². The van der Waals surface area contributed by atoms with Crippen molar-refractivity contribution >= 4 is 17.6 Å². The number of nitrogens with zero attached hydrogens (tertiary/aromatic N) is 1. The van der Waals surface area contributed by atoms with E-state index in [2.05, 4.69) is 10.6 Å². The van der Waals surface area contributed by atoms with Gasteiger partial charge in [0.1, 0.15) is 12.4 Å². The number of carbonyl (C=O) groups is 2. The molecule has 0 bridgehead atoms. The molecule has 6 heteroatoms. The van der Waals surface area contributed by atoms with Crippen LogP contribution in [-0.2, 0) is 0 Å². The van der Waals surface area contributed by atoms with E-state index < -0.39 is 0 Å². The third kappa shape index (κ3) is 6.33. The number of ether oxygens (including phenoxy) is 1.